The molecule has 0 radical (unpaired) electrons. The Morgan fingerprint density at radius 3 is 2.28 bits per heavy atom. The van der Waals surface area contributed by atoms with Crippen molar-refractivity contribution in [1.29, 1.82) is 0 Å². The van der Waals surface area contributed by atoms with Crippen LogP contribution in [0.25, 0.3) is 33.4 Å². The molecule has 5 heteroatoms. The molecule has 0 aliphatic rings. The SMILES string of the molecule is [CH3][Ge]([CH3])([CH3])[c]1ccc(-c2ncnc3cc(-c4cocn4)ccc23)cc1. The summed E-state index contributed by atoms with van der Waals surface area (Å²) in [6, 6.07) is 15.0. The van der Waals surface area contributed by atoms with Crippen LogP contribution in [0.3, 0.4) is 0 Å². The first-order chi connectivity index (χ1) is 12.0. The fourth-order valence-electron chi connectivity index (χ4n) is 2.93. The molecule has 2 heterocycles. The zero-order valence-electron chi connectivity index (χ0n) is 14.5. The van der Waals surface area contributed by atoms with E-state index in [1.54, 1.807) is 12.6 Å². The van der Waals surface area contributed by atoms with Gasteiger partial charge in [-0.2, -0.15) is 0 Å². The molecule has 2 aromatic heterocycles. The molecule has 25 heavy (non-hydrogen) atoms. The van der Waals surface area contributed by atoms with Crippen molar-refractivity contribution in [2.24, 2.45) is 0 Å². The Hall–Kier alpha value is -2.47. The molecule has 0 amide bonds. The summed E-state index contributed by atoms with van der Waals surface area (Å²) in [5.41, 5.74) is 4.79. The fourth-order valence-corrected chi connectivity index (χ4v) is 5.38. The Labute approximate surface area is 149 Å². The molecule has 4 aromatic rings. The number of hydrogen-bond donors (Lipinski definition) is 0. The van der Waals surface area contributed by atoms with E-state index in [4.69, 9.17) is 4.42 Å². The van der Waals surface area contributed by atoms with Gasteiger partial charge < -0.3 is 0 Å². The first-order valence-corrected chi connectivity index (χ1v) is 15.6. The molecule has 0 spiro atoms. The second-order valence-electron chi connectivity index (χ2n) is 7.16. The summed E-state index contributed by atoms with van der Waals surface area (Å²) >= 11 is -1.80. The summed E-state index contributed by atoms with van der Waals surface area (Å²) in [6.45, 7) is 0. The van der Waals surface area contributed by atoms with Crippen LogP contribution in [0.5, 0.6) is 0 Å². The third-order valence-electron chi connectivity index (χ3n) is 4.39. The molecule has 0 fully saturated rings. The number of benzene rings is 2. The quantitative estimate of drug-likeness (QED) is 0.484. The van der Waals surface area contributed by atoms with Crippen LogP contribution >= 0.6 is 0 Å². The van der Waals surface area contributed by atoms with Crippen LogP contribution in [0, 0.1) is 0 Å². The van der Waals surface area contributed by atoms with Gasteiger partial charge in [0.2, 0.25) is 0 Å². The van der Waals surface area contributed by atoms with Crippen molar-refractivity contribution in [3.63, 3.8) is 0 Å². The molecule has 0 aliphatic heterocycles. The van der Waals surface area contributed by atoms with Crippen molar-refractivity contribution >= 4 is 28.6 Å². The Morgan fingerprint density at radius 2 is 1.60 bits per heavy atom. The maximum absolute atomic E-state index is 5.07. The molecule has 4 nitrogen and oxygen atoms in total. The van der Waals surface area contributed by atoms with E-state index in [9.17, 15) is 0 Å². The Balaban J connectivity index is 1.80. The predicted molar refractivity (Wildman–Crippen MR) is 103 cm³/mol. The molecular weight excluding hydrogens is 371 g/mol. The van der Waals surface area contributed by atoms with E-state index < -0.39 is 13.3 Å². The molecule has 0 atom stereocenters. The van der Waals surface area contributed by atoms with Gasteiger partial charge in [0, 0.05) is 0 Å². The van der Waals surface area contributed by atoms with Crippen LogP contribution in [0.15, 0.2) is 65.9 Å². The van der Waals surface area contributed by atoms with Gasteiger partial charge >= 0.3 is 149 Å². The van der Waals surface area contributed by atoms with Gasteiger partial charge in [0.15, 0.2) is 0 Å². The molecule has 124 valence electrons. The van der Waals surface area contributed by atoms with Crippen LogP contribution < -0.4 is 4.40 Å². The summed E-state index contributed by atoms with van der Waals surface area (Å²) in [4.78, 5) is 13.2. The normalized spacial score (nSPS) is 11.8. The van der Waals surface area contributed by atoms with Crippen LogP contribution in [0.4, 0.5) is 0 Å². The van der Waals surface area contributed by atoms with Gasteiger partial charge in [-0.3, -0.25) is 0 Å². The summed E-state index contributed by atoms with van der Waals surface area (Å²) in [7, 11) is 0. The van der Waals surface area contributed by atoms with E-state index >= 15 is 0 Å². The molecule has 0 unspecified atom stereocenters. The van der Waals surface area contributed by atoms with Gasteiger partial charge in [-0.05, 0) is 0 Å². The van der Waals surface area contributed by atoms with Crippen LogP contribution in [-0.2, 0) is 0 Å². The molecule has 0 bridgehead atoms. The van der Waals surface area contributed by atoms with Crippen molar-refractivity contribution in [2.45, 2.75) is 17.3 Å². The molecule has 0 saturated heterocycles. The van der Waals surface area contributed by atoms with Gasteiger partial charge in [-0.15, -0.1) is 0 Å². The zero-order chi connectivity index (χ0) is 17.4. The minimum atomic E-state index is -1.80. The zero-order valence-corrected chi connectivity index (χ0v) is 16.6. The standard InChI is InChI=1S/C20H19GeN3O/c1-21(2,3)16-7-4-14(5-8-16)20-17-9-6-15(19-11-25-13-24-19)10-18(17)22-12-23-20/h4-13H,1-3H3. The van der Waals surface area contributed by atoms with Gasteiger partial charge in [-0.25, -0.2) is 0 Å². The number of rotatable bonds is 3. The third-order valence-corrected chi connectivity index (χ3v) is 8.72. The van der Waals surface area contributed by atoms with Crippen molar-refractivity contribution < 1.29 is 4.42 Å². The van der Waals surface area contributed by atoms with Crippen molar-refractivity contribution in [2.75, 3.05) is 0 Å². The Morgan fingerprint density at radius 1 is 0.840 bits per heavy atom. The minimum absolute atomic E-state index is 0.809. The monoisotopic (exact) mass is 391 g/mol. The van der Waals surface area contributed by atoms with Gasteiger partial charge in [0.25, 0.3) is 0 Å². The van der Waals surface area contributed by atoms with Crippen molar-refractivity contribution in [3.05, 3.63) is 61.4 Å². The average Bonchev–Trinajstić information content (AvgIpc) is 3.15. The molecular formula is C20H19GeN3O. The number of oxazole rings is 1. The first-order valence-electron chi connectivity index (χ1n) is 8.26. The Kier molecular flexibility index (Phi) is 3.92. The fraction of sp³-hybridized carbons (Fsp3) is 0.150. The molecule has 0 N–H and O–H groups in total. The summed E-state index contributed by atoms with van der Waals surface area (Å²) in [5.74, 6) is 7.21. The van der Waals surface area contributed by atoms with Crippen LogP contribution in [-0.4, -0.2) is 28.2 Å². The number of nitrogens with zero attached hydrogens (tertiary/aromatic N) is 3. The molecule has 0 aliphatic carbocycles. The van der Waals surface area contributed by atoms with E-state index in [0.717, 1.165) is 33.4 Å². The van der Waals surface area contributed by atoms with Crippen LogP contribution in [0.1, 0.15) is 0 Å². The van der Waals surface area contributed by atoms with Gasteiger partial charge in [0.1, 0.15) is 0 Å². The Bertz CT molecular complexity index is 1020. The first kappa shape index (κ1) is 16.0. The van der Waals surface area contributed by atoms with Gasteiger partial charge in [-0.1, -0.05) is 0 Å². The second kappa shape index (κ2) is 6.11. The van der Waals surface area contributed by atoms with E-state index in [2.05, 4.69) is 62.6 Å². The summed E-state index contributed by atoms with van der Waals surface area (Å²) in [6.07, 6.45) is 4.70. The van der Waals surface area contributed by atoms with E-state index in [-0.39, 0.29) is 0 Å². The van der Waals surface area contributed by atoms with E-state index in [1.807, 2.05) is 12.1 Å². The van der Waals surface area contributed by atoms with Gasteiger partial charge in [0.05, 0.1) is 0 Å². The number of fused-ring (bicyclic) bond motifs is 1. The number of hydrogen-bond acceptors (Lipinski definition) is 4. The number of aromatic nitrogens is 3. The van der Waals surface area contributed by atoms with E-state index in [1.165, 1.54) is 10.8 Å². The topological polar surface area (TPSA) is 51.8 Å². The predicted octanol–water partition coefficient (Wildman–Crippen LogP) is 4.50. The molecule has 4 rings (SSSR count). The molecule has 0 saturated carbocycles. The average molecular weight is 390 g/mol. The van der Waals surface area contributed by atoms with E-state index in [0.29, 0.717) is 0 Å². The van der Waals surface area contributed by atoms with Crippen molar-refractivity contribution in [1.82, 2.24) is 15.0 Å². The summed E-state index contributed by atoms with van der Waals surface area (Å²) in [5, 5.41) is 1.04. The van der Waals surface area contributed by atoms with Crippen LogP contribution in [0.2, 0.25) is 17.3 Å². The molecule has 2 aromatic carbocycles. The third kappa shape index (κ3) is 3.09. The summed E-state index contributed by atoms with van der Waals surface area (Å²) < 4.78 is 6.57. The van der Waals surface area contributed by atoms with Crippen molar-refractivity contribution in [3.8, 4) is 22.5 Å². The second-order valence-corrected chi connectivity index (χ2v) is 17.8. The maximum atomic E-state index is 5.07.